The van der Waals surface area contributed by atoms with Crippen molar-refractivity contribution in [2.45, 2.75) is 25.2 Å². The van der Waals surface area contributed by atoms with Gasteiger partial charge in [0.05, 0.1) is 13.2 Å². The molecule has 2 atom stereocenters. The first-order valence-corrected chi connectivity index (χ1v) is 5.22. The minimum Gasteiger partial charge on any atom is -0.393 e. The Morgan fingerprint density at radius 1 is 1.65 bits per heavy atom. The maximum absolute atomic E-state index is 11.6. The lowest BCUT2D eigenvalue weighted by atomic mass is 10.0. The third-order valence-electron chi connectivity index (χ3n) is 2.85. The van der Waals surface area contributed by atoms with Crippen LogP contribution in [0.3, 0.4) is 0 Å². The van der Waals surface area contributed by atoms with E-state index in [4.69, 9.17) is 9.84 Å². The number of nitrogens with one attached hydrogen (secondary N) is 1. The standard InChI is InChI=1S/C10H14N2O5/c1-6-3-12(9(15)11-8(6)14)7-2-10(16,4-13)5-17-7/h3,7,13,16H,2,4-5H2,1H3,(H,11,14,15)/t7-,10+/m1/s1. The lowest BCUT2D eigenvalue weighted by Crippen LogP contribution is -2.35. The highest BCUT2D eigenvalue weighted by Gasteiger charge is 2.39. The Labute approximate surface area is 96.3 Å². The Morgan fingerprint density at radius 3 is 2.94 bits per heavy atom. The largest absolute Gasteiger partial charge is 0.393 e. The van der Waals surface area contributed by atoms with Gasteiger partial charge in [-0.2, -0.15) is 0 Å². The molecule has 1 aromatic rings. The Hall–Kier alpha value is -1.44. The monoisotopic (exact) mass is 242 g/mol. The average Bonchev–Trinajstić information content (AvgIpc) is 2.67. The molecule has 0 spiro atoms. The van der Waals surface area contributed by atoms with Crippen LogP contribution < -0.4 is 11.2 Å². The Morgan fingerprint density at radius 2 is 2.35 bits per heavy atom. The number of rotatable bonds is 2. The number of ether oxygens (including phenoxy) is 1. The molecule has 2 rings (SSSR count). The van der Waals surface area contributed by atoms with E-state index >= 15 is 0 Å². The first kappa shape index (κ1) is 12.0. The Bertz CT molecular complexity index is 534. The number of aromatic nitrogens is 2. The average molecular weight is 242 g/mol. The molecule has 0 bridgehead atoms. The molecule has 1 aliphatic rings. The van der Waals surface area contributed by atoms with Crippen molar-refractivity contribution in [3.05, 3.63) is 32.6 Å². The molecule has 0 aliphatic carbocycles. The van der Waals surface area contributed by atoms with Crippen LogP contribution in [0.25, 0.3) is 0 Å². The van der Waals surface area contributed by atoms with Crippen LogP contribution in [0.1, 0.15) is 18.2 Å². The van der Waals surface area contributed by atoms with Crippen molar-refractivity contribution in [2.75, 3.05) is 13.2 Å². The first-order valence-electron chi connectivity index (χ1n) is 5.22. The summed E-state index contributed by atoms with van der Waals surface area (Å²) >= 11 is 0. The van der Waals surface area contributed by atoms with Crippen LogP contribution in [0.15, 0.2) is 15.8 Å². The number of aryl methyl sites for hydroxylation is 1. The fourth-order valence-corrected chi connectivity index (χ4v) is 1.78. The number of hydrogen-bond acceptors (Lipinski definition) is 5. The normalized spacial score (nSPS) is 28.5. The SMILES string of the molecule is Cc1cn([C@H]2C[C@](O)(CO)CO2)c(=O)[nH]c1=O. The van der Waals surface area contributed by atoms with Crippen molar-refractivity contribution in [2.24, 2.45) is 0 Å². The van der Waals surface area contributed by atoms with Gasteiger partial charge in [0, 0.05) is 18.2 Å². The Kier molecular flexibility index (Phi) is 2.90. The molecule has 3 N–H and O–H groups in total. The summed E-state index contributed by atoms with van der Waals surface area (Å²) in [7, 11) is 0. The van der Waals surface area contributed by atoms with E-state index in [0.717, 1.165) is 0 Å². The molecule has 0 radical (unpaired) electrons. The molecule has 0 saturated carbocycles. The summed E-state index contributed by atoms with van der Waals surface area (Å²) in [6.45, 7) is 1.10. The van der Waals surface area contributed by atoms with Gasteiger partial charge >= 0.3 is 5.69 Å². The van der Waals surface area contributed by atoms with Crippen molar-refractivity contribution in [3.8, 4) is 0 Å². The number of aliphatic hydroxyl groups is 2. The molecule has 1 saturated heterocycles. The van der Waals surface area contributed by atoms with Crippen LogP contribution >= 0.6 is 0 Å². The van der Waals surface area contributed by atoms with Gasteiger partial charge in [0.25, 0.3) is 5.56 Å². The summed E-state index contributed by atoms with van der Waals surface area (Å²) < 4.78 is 6.46. The van der Waals surface area contributed by atoms with Gasteiger partial charge in [-0.15, -0.1) is 0 Å². The third-order valence-corrected chi connectivity index (χ3v) is 2.85. The molecule has 7 nitrogen and oxygen atoms in total. The predicted octanol–water partition coefficient (Wildman–Crippen LogP) is -1.51. The van der Waals surface area contributed by atoms with Crippen molar-refractivity contribution in [1.29, 1.82) is 0 Å². The topological polar surface area (TPSA) is 105 Å². The summed E-state index contributed by atoms with van der Waals surface area (Å²) in [5.74, 6) is 0. The number of H-pyrrole nitrogens is 1. The number of hydrogen-bond donors (Lipinski definition) is 3. The predicted molar refractivity (Wildman–Crippen MR) is 57.7 cm³/mol. The second kappa shape index (κ2) is 4.10. The van der Waals surface area contributed by atoms with E-state index in [1.54, 1.807) is 6.92 Å². The summed E-state index contributed by atoms with van der Waals surface area (Å²) in [4.78, 5) is 24.9. The van der Waals surface area contributed by atoms with E-state index < -0.39 is 29.7 Å². The van der Waals surface area contributed by atoms with Gasteiger partial charge in [0.2, 0.25) is 0 Å². The molecule has 0 unspecified atom stereocenters. The van der Waals surface area contributed by atoms with Crippen molar-refractivity contribution in [1.82, 2.24) is 9.55 Å². The molecule has 0 aromatic carbocycles. The summed E-state index contributed by atoms with van der Waals surface area (Å²) in [6.07, 6.45) is 0.819. The maximum Gasteiger partial charge on any atom is 0.330 e. The lowest BCUT2D eigenvalue weighted by molar-refractivity contribution is -0.0239. The lowest BCUT2D eigenvalue weighted by Gasteiger charge is -2.17. The van der Waals surface area contributed by atoms with Crippen molar-refractivity contribution >= 4 is 0 Å². The molecular formula is C10H14N2O5. The second-order valence-electron chi connectivity index (χ2n) is 4.33. The van der Waals surface area contributed by atoms with Crippen molar-refractivity contribution in [3.63, 3.8) is 0 Å². The van der Waals surface area contributed by atoms with Crippen molar-refractivity contribution < 1.29 is 14.9 Å². The van der Waals surface area contributed by atoms with Crippen LogP contribution in [0.4, 0.5) is 0 Å². The van der Waals surface area contributed by atoms with Gasteiger partial charge in [0.15, 0.2) is 0 Å². The fourth-order valence-electron chi connectivity index (χ4n) is 1.78. The molecule has 1 aliphatic heterocycles. The number of nitrogens with zero attached hydrogens (tertiary/aromatic N) is 1. The Balaban J connectivity index is 2.34. The molecule has 1 fully saturated rings. The molecule has 7 heteroatoms. The van der Waals surface area contributed by atoms with Gasteiger partial charge in [-0.25, -0.2) is 4.79 Å². The molecular weight excluding hydrogens is 228 g/mol. The minimum absolute atomic E-state index is 0.0429. The van der Waals surface area contributed by atoms with Crippen LogP contribution in [-0.2, 0) is 4.74 Å². The zero-order valence-electron chi connectivity index (χ0n) is 9.34. The quantitative estimate of drug-likeness (QED) is 0.584. The van der Waals surface area contributed by atoms with E-state index in [9.17, 15) is 14.7 Å². The smallest absolute Gasteiger partial charge is 0.330 e. The van der Waals surface area contributed by atoms with Crippen LogP contribution in [0.5, 0.6) is 0 Å². The fraction of sp³-hybridized carbons (Fsp3) is 0.600. The van der Waals surface area contributed by atoms with Gasteiger partial charge in [-0.05, 0) is 6.92 Å². The van der Waals surface area contributed by atoms with Gasteiger partial charge in [0.1, 0.15) is 11.8 Å². The molecule has 17 heavy (non-hydrogen) atoms. The highest BCUT2D eigenvalue weighted by atomic mass is 16.5. The highest BCUT2D eigenvalue weighted by molar-refractivity contribution is 5.02. The third kappa shape index (κ3) is 2.17. The highest BCUT2D eigenvalue weighted by Crippen LogP contribution is 2.29. The van der Waals surface area contributed by atoms with E-state index in [1.807, 2.05) is 0 Å². The van der Waals surface area contributed by atoms with Gasteiger partial charge in [-0.3, -0.25) is 14.3 Å². The molecule has 0 amide bonds. The molecule has 2 heterocycles. The zero-order chi connectivity index (χ0) is 12.6. The summed E-state index contributed by atoms with van der Waals surface area (Å²) in [6, 6.07) is 0. The number of aromatic amines is 1. The second-order valence-corrected chi connectivity index (χ2v) is 4.33. The van der Waals surface area contributed by atoms with E-state index in [-0.39, 0.29) is 13.0 Å². The van der Waals surface area contributed by atoms with E-state index in [2.05, 4.69) is 4.98 Å². The molecule has 1 aromatic heterocycles. The van der Waals surface area contributed by atoms with Crippen LogP contribution in [0.2, 0.25) is 0 Å². The van der Waals surface area contributed by atoms with E-state index in [0.29, 0.717) is 5.56 Å². The number of aliphatic hydroxyl groups excluding tert-OH is 1. The summed E-state index contributed by atoms with van der Waals surface area (Å²) in [5.41, 5.74) is -1.98. The zero-order valence-corrected chi connectivity index (χ0v) is 9.34. The maximum atomic E-state index is 11.6. The summed E-state index contributed by atoms with van der Waals surface area (Å²) in [5, 5.41) is 18.8. The van der Waals surface area contributed by atoms with Gasteiger partial charge < -0.3 is 14.9 Å². The minimum atomic E-state index is -1.33. The first-order chi connectivity index (χ1) is 7.95. The van der Waals surface area contributed by atoms with E-state index in [1.165, 1.54) is 10.8 Å². The van der Waals surface area contributed by atoms with Gasteiger partial charge in [-0.1, -0.05) is 0 Å². The molecule has 94 valence electrons. The van der Waals surface area contributed by atoms with Crippen LogP contribution in [-0.4, -0.2) is 38.6 Å². The van der Waals surface area contributed by atoms with Crippen LogP contribution in [0, 0.1) is 6.92 Å².